The number of nitrogens with one attached hydrogen (secondary N) is 2. The Bertz CT molecular complexity index is 2170. The lowest BCUT2D eigenvalue weighted by Crippen LogP contribution is -2.59. The van der Waals surface area contributed by atoms with Crippen molar-refractivity contribution in [1.29, 1.82) is 0 Å². The molecule has 11 nitrogen and oxygen atoms in total. The van der Waals surface area contributed by atoms with E-state index in [2.05, 4.69) is 33.6 Å². The van der Waals surface area contributed by atoms with Crippen molar-refractivity contribution in [2.24, 2.45) is 23.2 Å². The largest absolute Gasteiger partial charge is 0.508 e. The molecule has 8 rings (SSSR count). The molecule has 59 heavy (non-hydrogen) atoms. The number of benzene rings is 3. The summed E-state index contributed by atoms with van der Waals surface area (Å²) in [7, 11) is 0. The number of aromatic nitrogens is 2. The highest BCUT2D eigenvalue weighted by atomic mass is 19.4. The fourth-order valence-electron chi connectivity index (χ4n) is 10.6. The molecule has 2 saturated carbocycles. The molecule has 1 aliphatic heterocycles. The number of anilines is 1. The Kier molecular flexibility index (Phi) is 11.2. The molecule has 6 N–H and O–H groups in total. The van der Waals surface area contributed by atoms with E-state index >= 15 is 0 Å². The maximum Gasteiger partial charge on any atom is 0.434 e. The Balaban J connectivity index is 0.854. The second kappa shape index (κ2) is 16.2. The van der Waals surface area contributed by atoms with Crippen LogP contribution in [0.1, 0.15) is 88.9 Å². The van der Waals surface area contributed by atoms with Crippen LogP contribution in [0.4, 0.5) is 19.0 Å². The zero-order valence-electron chi connectivity index (χ0n) is 32.8. The van der Waals surface area contributed by atoms with Crippen LogP contribution in [0.15, 0.2) is 79.1 Å². The van der Waals surface area contributed by atoms with Crippen LogP contribution in [0.5, 0.6) is 5.75 Å². The highest BCUT2D eigenvalue weighted by molar-refractivity contribution is 5.96. The minimum absolute atomic E-state index is 0.0570. The third-order valence-corrected chi connectivity index (χ3v) is 13.7. The number of phenols is 1. The minimum atomic E-state index is -4.72. The van der Waals surface area contributed by atoms with Gasteiger partial charge in [0.15, 0.2) is 5.69 Å². The summed E-state index contributed by atoms with van der Waals surface area (Å²) in [5, 5.41) is 48.1. The van der Waals surface area contributed by atoms with E-state index in [1.165, 1.54) is 16.0 Å². The number of alkyl halides is 3. The van der Waals surface area contributed by atoms with Crippen LogP contribution in [0.3, 0.4) is 0 Å². The van der Waals surface area contributed by atoms with Gasteiger partial charge in [-0.25, -0.2) is 4.98 Å². The summed E-state index contributed by atoms with van der Waals surface area (Å²) in [6.07, 6.45) is 0.558. The zero-order chi connectivity index (χ0) is 41.6. The van der Waals surface area contributed by atoms with Crippen LogP contribution in [0.25, 0.3) is 11.1 Å². The Labute approximate surface area is 340 Å². The number of rotatable bonds is 9. The molecule has 14 heteroatoms. The highest BCUT2D eigenvalue weighted by Gasteiger charge is 2.56. The normalized spacial score (nSPS) is 28.9. The molecule has 2 amide bonds. The summed E-state index contributed by atoms with van der Waals surface area (Å²) in [5.41, 5.74) is 3.78. The summed E-state index contributed by atoms with van der Waals surface area (Å²) in [5.74, 6) is 1.20. The number of aromatic hydroxyl groups is 1. The number of hydrogen-bond donors (Lipinski definition) is 6. The maximum atomic E-state index is 13.5. The summed E-state index contributed by atoms with van der Waals surface area (Å²) < 4.78 is 39.4. The molecule has 1 aromatic heterocycles. The molecule has 3 aliphatic carbocycles. The molecule has 4 aromatic rings. The first-order chi connectivity index (χ1) is 28.2. The molecule has 0 bridgehead atoms. The van der Waals surface area contributed by atoms with E-state index in [-0.39, 0.29) is 36.3 Å². The standard InChI is InChI=1S/C45H50F3N5O6/c1-44-17-16-33-32-13-12-31(54)20-30(32)19-29(40(33)34(44)14-15-38(44)56)3-2-18-50-42(58)27-8-4-25(5-9-27)26-6-10-28(11-7-26)43(59)53-23-35(41(57)36(55)24-53)51-39-22-49-21-37(52-39)45(46,47)48/h4-13,20-22,29,33-36,38,40-41,54-57H,2-3,14-19,23-24H2,1H3,(H,50,58)(H,51,52)/t29?,33?,34?,35-,36-,38-,40?,41+,44-/m0/s1. The van der Waals surface area contributed by atoms with Crippen LogP contribution in [-0.4, -0.2) is 91.1 Å². The third-order valence-electron chi connectivity index (χ3n) is 13.7. The number of aliphatic hydroxyl groups is 3. The fourth-order valence-corrected chi connectivity index (χ4v) is 10.6. The number of fused-ring (bicyclic) bond motifs is 5. The summed E-state index contributed by atoms with van der Waals surface area (Å²) in [4.78, 5) is 35.1. The number of likely N-dealkylation sites (tertiary alicyclic amines) is 1. The minimum Gasteiger partial charge on any atom is -0.508 e. The summed E-state index contributed by atoms with van der Waals surface area (Å²) in [6, 6.07) is 18.8. The lowest BCUT2D eigenvalue weighted by atomic mass is 9.52. The molecular weight excluding hydrogens is 764 g/mol. The quantitative estimate of drug-likeness (QED) is 0.108. The number of piperidine rings is 1. The zero-order valence-corrected chi connectivity index (χ0v) is 32.8. The number of nitrogens with zero attached hydrogens (tertiary/aromatic N) is 3. The molecule has 2 heterocycles. The summed E-state index contributed by atoms with van der Waals surface area (Å²) >= 11 is 0. The van der Waals surface area contributed by atoms with Crippen molar-refractivity contribution < 1.29 is 43.2 Å². The van der Waals surface area contributed by atoms with Crippen LogP contribution in [-0.2, 0) is 12.6 Å². The summed E-state index contributed by atoms with van der Waals surface area (Å²) in [6.45, 7) is 2.53. The van der Waals surface area contributed by atoms with Gasteiger partial charge in [-0.1, -0.05) is 37.3 Å². The van der Waals surface area contributed by atoms with Crippen molar-refractivity contribution in [3.05, 3.63) is 107 Å². The van der Waals surface area contributed by atoms with Gasteiger partial charge in [-0.3, -0.25) is 14.6 Å². The number of carbonyl (C=O) groups is 2. The maximum absolute atomic E-state index is 13.5. The highest BCUT2D eigenvalue weighted by Crippen LogP contribution is 2.62. The van der Waals surface area contributed by atoms with Gasteiger partial charge in [-0.15, -0.1) is 0 Å². The van der Waals surface area contributed by atoms with E-state index in [4.69, 9.17) is 0 Å². The molecule has 4 unspecified atom stereocenters. The van der Waals surface area contributed by atoms with Gasteiger partial charge in [0.25, 0.3) is 11.8 Å². The van der Waals surface area contributed by atoms with E-state index in [1.807, 2.05) is 18.2 Å². The van der Waals surface area contributed by atoms with Gasteiger partial charge >= 0.3 is 6.18 Å². The molecule has 0 spiro atoms. The molecular formula is C45H50F3N5O6. The Morgan fingerprint density at radius 2 is 1.63 bits per heavy atom. The number of halogens is 3. The van der Waals surface area contributed by atoms with Gasteiger partial charge in [0, 0.05) is 30.8 Å². The average Bonchev–Trinajstić information content (AvgIpc) is 3.53. The number of phenolic OH excluding ortho intramolecular Hbond substituents is 1. The number of hydrogen-bond acceptors (Lipinski definition) is 9. The monoisotopic (exact) mass is 813 g/mol. The van der Waals surface area contributed by atoms with Crippen molar-refractivity contribution in [3.8, 4) is 16.9 Å². The Morgan fingerprint density at radius 3 is 2.34 bits per heavy atom. The second-order valence-corrected chi connectivity index (χ2v) is 17.1. The molecule has 9 atom stereocenters. The molecule has 312 valence electrons. The SMILES string of the molecule is C[C@]12CCC3c4ccc(O)cc4CC(CCCNC(=O)c4ccc(-c5ccc(C(=O)N6C[C@H](Nc7cncc(C(F)(F)F)n7)[C@@H](O)[C@@H](O)C6)cc5)cc4)C3C1CC[C@@H]2O. The van der Waals surface area contributed by atoms with Crippen LogP contribution >= 0.6 is 0 Å². The fraction of sp³-hybridized carbons (Fsp3) is 0.467. The number of aliphatic hydroxyl groups excluding tert-OH is 3. The van der Waals surface area contributed by atoms with Crippen molar-refractivity contribution in [3.63, 3.8) is 0 Å². The first kappa shape index (κ1) is 40.7. The van der Waals surface area contributed by atoms with E-state index in [9.17, 15) is 43.2 Å². The van der Waals surface area contributed by atoms with E-state index in [1.54, 1.807) is 42.5 Å². The number of carbonyl (C=O) groups excluding carboxylic acids is 2. The Hall–Kier alpha value is -5.05. The smallest absolute Gasteiger partial charge is 0.434 e. The number of β-amino-alcohol motifs (C(OH)–C–C–N with tert-alkyl or cyclic N) is 1. The van der Waals surface area contributed by atoms with Gasteiger partial charge < -0.3 is 36.0 Å². The topological polar surface area (TPSA) is 168 Å². The van der Waals surface area contributed by atoms with Crippen LogP contribution < -0.4 is 10.6 Å². The second-order valence-electron chi connectivity index (χ2n) is 17.1. The molecule has 1 saturated heterocycles. The van der Waals surface area contributed by atoms with E-state index in [0.717, 1.165) is 62.3 Å². The molecule has 0 radical (unpaired) electrons. The Morgan fingerprint density at radius 1 is 0.915 bits per heavy atom. The molecule has 4 aliphatic rings. The van der Waals surface area contributed by atoms with Gasteiger partial charge in [0.2, 0.25) is 0 Å². The predicted molar refractivity (Wildman–Crippen MR) is 213 cm³/mol. The lowest BCUT2D eigenvalue weighted by Gasteiger charge is -2.53. The predicted octanol–water partition coefficient (Wildman–Crippen LogP) is 6.18. The lowest BCUT2D eigenvalue weighted by molar-refractivity contribution is -0.141. The van der Waals surface area contributed by atoms with Crippen molar-refractivity contribution in [2.75, 3.05) is 25.0 Å². The van der Waals surface area contributed by atoms with Gasteiger partial charge in [-0.05, 0) is 133 Å². The van der Waals surface area contributed by atoms with Crippen molar-refractivity contribution in [1.82, 2.24) is 20.2 Å². The van der Waals surface area contributed by atoms with Gasteiger partial charge in [0.05, 0.1) is 30.6 Å². The molecule has 3 aromatic carbocycles. The van der Waals surface area contributed by atoms with Crippen LogP contribution in [0.2, 0.25) is 0 Å². The average molecular weight is 814 g/mol. The van der Waals surface area contributed by atoms with Crippen LogP contribution in [0, 0.1) is 23.2 Å². The van der Waals surface area contributed by atoms with E-state index < -0.39 is 36.0 Å². The van der Waals surface area contributed by atoms with Gasteiger partial charge in [0.1, 0.15) is 17.7 Å². The van der Waals surface area contributed by atoms with Crippen molar-refractivity contribution >= 4 is 17.6 Å². The first-order valence-electron chi connectivity index (χ1n) is 20.5. The van der Waals surface area contributed by atoms with Gasteiger partial charge in [-0.2, -0.15) is 13.2 Å². The van der Waals surface area contributed by atoms with Crippen molar-refractivity contribution in [2.45, 2.75) is 88.3 Å². The first-order valence-corrected chi connectivity index (χ1v) is 20.5. The number of amides is 2. The third kappa shape index (κ3) is 8.14. The molecule has 3 fully saturated rings. The van der Waals surface area contributed by atoms with E-state index in [0.29, 0.717) is 53.3 Å².